The number of allylic oxidation sites excluding steroid dienone is 3. The molecule has 0 spiro atoms. The van der Waals surface area contributed by atoms with Gasteiger partial charge in [-0.2, -0.15) is 0 Å². The molecule has 0 fully saturated rings. The highest BCUT2D eigenvalue weighted by atomic mass is 16.4. The van der Waals surface area contributed by atoms with Gasteiger partial charge in [-0.15, -0.1) is 0 Å². The second-order valence-corrected chi connectivity index (χ2v) is 2.51. The van der Waals surface area contributed by atoms with Crippen LogP contribution in [0.15, 0.2) is 36.5 Å². The fourth-order valence-electron chi connectivity index (χ4n) is 0.721. The molecule has 0 bridgehead atoms. The Bertz CT molecular complexity index is 224. The first-order chi connectivity index (χ1) is 5.60. The van der Waals surface area contributed by atoms with Gasteiger partial charge in [0.15, 0.2) is 0 Å². The van der Waals surface area contributed by atoms with Gasteiger partial charge in [-0.1, -0.05) is 37.8 Å². The molecule has 0 aromatic carbocycles. The molecular weight excluding hydrogens is 152 g/mol. The van der Waals surface area contributed by atoms with Crippen molar-refractivity contribution >= 4 is 5.97 Å². The van der Waals surface area contributed by atoms with Gasteiger partial charge in [0.05, 0.1) is 6.42 Å². The molecule has 0 saturated heterocycles. The number of rotatable bonds is 5. The van der Waals surface area contributed by atoms with Crippen LogP contribution in [-0.2, 0) is 4.79 Å². The Morgan fingerprint density at radius 1 is 1.58 bits per heavy atom. The highest BCUT2D eigenvalue weighted by Gasteiger charge is 1.99. The number of hydrogen-bond donors (Lipinski definition) is 1. The lowest BCUT2D eigenvalue weighted by molar-refractivity contribution is -0.136. The van der Waals surface area contributed by atoms with Crippen LogP contribution in [-0.4, -0.2) is 11.1 Å². The van der Waals surface area contributed by atoms with Gasteiger partial charge >= 0.3 is 5.97 Å². The van der Waals surface area contributed by atoms with E-state index >= 15 is 0 Å². The monoisotopic (exact) mass is 166 g/mol. The summed E-state index contributed by atoms with van der Waals surface area (Å²) in [5.74, 6) is -0.843. The minimum atomic E-state index is -0.843. The van der Waals surface area contributed by atoms with E-state index in [1.165, 1.54) is 0 Å². The number of carboxylic acid groups (broad SMARTS) is 1. The molecule has 0 aliphatic heterocycles. The second-order valence-electron chi connectivity index (χ2n) is 2.51. The van der Waals surface area contributed by atoms with Crippen LogP contribution in [0.3, 0.4) is 0 Å². The van der Waals surface area contributed by atoms with Gasteiger partial charge in [0.2, 0.25) is 0 Å². The molecule has 0 saturated carbocycles. The van der Waals surface area contributed by atoms with E-state index in [0.717, 1.165) is 12.0 Å². The van der Waals surface area contributed by atoms with Crippen LogP contribution < -0.4 is 0 Å². The summed E-state index contributed by atoms with van der Waals surface area (Å²) >= 11 is 0. The van der Waals surface area contributed by atoms with Crippen molar-refractivity contribution in [3.05, 3.63) is 36.5 Å². The quantitative estimate of drug-likeness (QED) is 0.637. The number of aliphatic carboxylic acids is 1. The molecular formula is C10H14O2. The molecule has 2 heteroatoms. The van der Waals surface area contributed by atoms with Gasteiger partial charge < -0.3 is 5.11 Å². The van der Waals surface area contributed by atoms with Gasteiger partial charge in [-0.3, -0.25) is 4.79 Å². The Morgan fingerprint density at radius 3 is 2.50 bits per heavy atom. The molecule has 1 N–H and O–H groups in total. The predicted octanol–water partition coefficient (Wildman–Crippen LogP) is 2.54. The van der Waals surface area contributed by atoms with Crippen molar-refractivity contribution in [1.82, 2.24) is 0 Å². The maximum absolute atomic E-state index is 10.3. The third-order valence-electron chi connectivity index (χ3n) is 1.46. The van der Waals surface area contributed by atoms with E-state index in [2.05, 4.69) is 13.2 Å². The van der Waals surface area contributed by atoms with Gasteiger partial charge in [-0.05, 0) is 12.0 Å². The molecule has 12 heavy (non-hydrogen) atoms. The SMILES string of the molecule is C=C/C(=C\C(=C)CC)CC(=O)O. The van der Waals surface area contributed by atoms with Crippen molar-refractivity contribution in [1.29, 1.82) is 0 Å². The Labute approximate surface area is 72.9 Å². The van der Waals surface area contributed by atoms with E-state index in [0.29, 0.717) is 5.57 Å². The minimum Gasteiger partial charge on any atom is -0.481 e. The number of carbonyl (C=O) groups is 1. The molecule has 0 aliphatic rings. The molecule has 0 amide bonds. The van der Waals surface area contributed by atoms with E-state index in [1.54, 1.807) is 12.2 Å². The zero-order chi connectivity index (χ0) is 9.56. The van der Waals surface area contributed by atoms with E-state index in [-0.39, 0.29) is 6.42 Å². The van der Waals surface area contributed by atoms with E-state index in [9.17, 15) is 4.79 Å². The van der Waals surface area contributed by atoms with E-state index in [1.807, 2.05) is 6.92 Å². The molecule has 0 unspecified atom stereocenters. The minimum absolute atomic E-state index is 0.0164. The van der Waals surface area contributed by atoms with Gasteiger partial charge in [0.25, 0.3) is 0 Å². The normalized spacial score (nSPS) is 10.9. The van der Waals surface area contributed by atoms with Crippen molar-refractivity contribution in [2.24, 2.45) is 0 Å². The molecule has 2 nitrogen and oxygen atoms in total. The molecule has 0 aromatic rings. The first-order valence-corrected chi connectivity index (χ1v) is 3.82. The Morgan fingerprint density at radius 2 is 2.17 bits per heavy atom. The zero-order valence-corrected chi connectivity index (χ0v) is 7.34. The summed E-state index contributed by atoms with van der Waals surface area (Å²) in [4.78, 5) is 10.3. The molecule has 0 atom stereocenters. The molecule has 0 aliphatic carbocycles. The highest BCUT2D eigenvalue weighted by molar-refractivity contribution is 5.71. The first-order valence-electron chi connectivity index (χ1n) is 3.82. The first kappa shape index (κ1) is 10.7. The number of hydrogen-bond acceptors (Lipinski definition) is 1. The Kier molecular flexibility index (Phi) is 4.77. The van der Waals surface area contributed by atoms with Crippen molar-refractivity contribution in [2.45, 2.75) is 19.8 Å². The molecule has 0 aromatic heterocycles. The molecule has 0 heterocycles. The molecule has 0 rings (SSSR count). The van der Waals surface area contributed by atoms with Crippen molar-refractivity contribution in [3.8, 4) is 0 Å². The third kappa shape index (κ3) is 4.50. The van der Waals surface area contributed by atoms with Gasteiger partial charge in [0, 0.05) is 0 Å². The fraction of sp³-hybridized carbons (Fsp3) is 0.300. The Hall–Kier alpha value is -1.31. The van der Waals surface area contributed by atoms with E-state index in [4.69, 9.17) is 5.11 Å². The maximum atomic E-state index is 10.3. The standard InChI is InChI=1S/C10H14O2/c1-4-8(3)6-9(5-2)7-10(11)12/h5-6H,2-4,7H2,1H3,(H,11,12)/b9-6+. The van der Waals surface area contributed by atoms with Crippen LogP contribution in [0.4, 0.5) is 0 Å². The zero-order valence-electron chi connectivity index (χ0n) is 7.34. The summed E-state index contributed by atoms with van der Waals surface area (Å²) in [6.45, 7) is 9.25. The maximum Gasteiger partial charge on any atom is 0.307 e. The number of carboxylic acids is 1. The van der Waals surface area contributed by atoms with E-state index < -0.39 is 5.97 Å². The van der Waals surface area contributed by atoms with Gasteiger partial charge in [0.1, 0.15) is 0 Å². The van der Waals surface area contributed by atoms with Crippen LogP contribution in [0, 0.1) is 0 Å². The third-order valence-corrected chi connectivity index (χ3v) is 1.46. The summed E-state index contributed by atoms with van der Waals surface area (Å²) < 4.78 is 0. The fourth-order valence-corrected chi connectivity index (χ4v) is 0.721. The van der Waals surface area contributed by atoms with Gasteiger partial charge in [-0.25, -0.2) is 0 Å². The highest BCUT2D eigenvalue weighted by Crippen LogP contribution is 2.08. The topological polar surface area (TPSA) is 37.3 Å². The lowest BCUT2D eigenvalue weighted by Gasteiger charge is -1.98. The largest absolute Gasteiger partial charge is 0.481 e. The Balaban J connectivity index is 4.32. The second kappa shape index (κ2) is 5.35. The summed E-state index contributed by atoms with van der Waals surface area (Å²) in [5.41, 5.74) is 1.63. The van der Waals surface area contributed by atoms with Crippen molar-refractivity contribution in [3.63, 3.8) is 0 Å². The van der Waals surface area contributed by atoms with Crippen molar-refractivity contribution in [2.75, 3.05) is 0 Å². The summed E-state index contributed by atoms with van der Waals surface area (Å²) in [6.07, 6.45) is 4.16. The summed E-state index contributed by atoms with van der Waals surface area (Å²) in [7, 11) is 0. The lowest BCUT2D eigenvalue weighted by Crippen LogP contribution is -1.95. The van der Waals surface area contributed by atoms with Crippen molar-refractivity contribution < 1.29 is 9.90 Å². The predicted molar refractivity (Wildman–Crippen MR) is 50.0 cm³/mol. The van der Waals surface area contributed by atoms with Crippen LogP contribution >= 0.6 is 0 Å². The van der Waals surface area contributed by atoms with Crippen LogP contribution in [0.2, 0.25) is 0 Å². The summed E-state index contributed by atoms with van der Waals surface area (Å²) in [6, 6.07) is 0. The van der Waals surface area contributed by atoms with Crippen LogP contribution in [0.5, 0.6) is 0 Å². The van der Waals surface area contributed by atoms with Crippen LogP contribution in [0.25, 0.3) is 0 Å². The summed E-state index contributed by atoms with van der Waals surface area (Å²) in [5, 5.41) is 8.48. The molecule has 0 radical (unpaired) electrons. The lowest BCUT2D eigenvalue weighted by atomic mass is 10.1. The smallest absolute Gasteiger partial charge is 0.307 e. The van der Waals surface area contributed by atoms with Crippen LogP contribution in [0.1, 0.15) is 19.8 Å². The average Bonchev–Trinajstić information content (AvgIpc) is 2.02. The average molecular weight is 166 g/mol. The molecule has 66 valence electrons.